The van der Waals surface area contributed by atoms with Crippen molar-refractivity contribution in [2.75, 3.05) is 0 Å². The van der Waals surface area contributed by atoms with Gasteiger partial charge in [-0.2, -0.15) is 0 Å². The van der Waals surface area contributed by atoms with Crippen molar-refractivity contribution in [1.82, 2.24) is 24.5 Å². The summed E-state index contributed by atoms with van der Waals surface area (Å²) >= 11 is 0. The van der Waals surface area contributed by atoms with Gasteiger partial charge in [-0.25, -0.2) is 19.9 Å². The van der Waals surface area contributed by atoms with E-state index in [4.69, 9.17) is 19.9 Å². The summed E-state index contributed by atoms with van der Waals surface area (Å²) in [7, 11) is 0. The molecule has 5 heteroatoms. The van der Waals surface area contributed by atoms with Crippen LogP contribution in [0, 0.1) is 0 Å². The highest BCUT2D eigenvalue weighted by Gasteiger charge is 2.21. The summed E-state index contributed by atoms with van der Waals surface area (Å²) in [5.41, 5.74) is 11.9. The third kappa shape index (κ3) is 6.04. The third-order valence-corrected chi connectivity index (χ3v) is 10.1. The van der Waals surface area contributed by atoms with Crippen LogP contribution in [-0.2, 0) is 0 Å². The molecule has 0 aliphatic carbocycles. The zero-order chi connectivity index (χ0) is 36.6. The molecule has 0 unspecified atom stereocenters. The summed E-state index contributed by atoms with van der Waals surface area (Å²) in [6.07, 6.45) is 0. The van der Waals surface area contributed by atoms with E-state index in [1.807, 2.05) is 72.8 Å². The van der Waals surface area contributed by atoms with Gasteiger partial charge in [0.05, 0.1) is 28.1 Å². The number of hydrogen-bond donors (Lipinski definition) is 0. The Bertz CT molecular complexity index is 2790. The molecule has 0 N–H and O–H groups in total. The lowest BCUT2D eigenvalue weighted by Crippen LogP contribution is -2.04. The standard InChI is InChI=1S/C50H33N5/c1-5-17-34(18-6-1)39-32-43(35-19-7-2-8-20-35)51-44(33-39)38-29-30-47(55-45-27-15-13-25-40(45)41-26-14-16-28-46(41)55)42(31-38)50-53-48(36-21-9-3-10-22-36)52-49(54-50)37-23-11-4-12-24-37/h1-33H. The molecule has 0 aliphatic rings. The maximum absolute atomic E-state index is 5.30. The second-order valence-corrected chi connectivity index (χ2v) is 13.5. The Kier molecular flexibility index (Phi) is 8.08. The minimum Gasteiger partial charge on any atom is -0.309 e. The number of aromatic nitrogens is 5. The predicted molar refractivity (Wildman–Crippen MR) is 225 cm³/mol. The second-order valence-electron chi connectivity index (χ2n) is 13.5. The molecule has 3 aromatic heterocycles. The average molecular weight is 704 g/mol. The lowest BCUT2D eigenvalue weighted by molar-refractivity contribution is 1.06. The first kappa shape index (κ1) is 32.2. The van der Waals surface area contributed by atoms with Crippen LogP contribution < -0.4 is 0 Å². The van der Waals surface area contributed by atoms with Crippen LogP contribution in [0.5, 0.6) is 0 Å². The zero-order valence-corrected chi connectivity index (χ0v) is 29.8. The lowest BCUT2D eigenvalue weighted by Gasteiger charge is -2.17. The number of hydrogen-bond acceptors (Lipinski definition) is 4. The van der Waals surface area contributed by atoms with Gasteiger partial charge in [0.1, 0.15) is 0 Å². The molecule has 0 saturated carbocycles. The van der Waals surface area contributed by atoms with Crippen LogP contribution in [0.3, 0.4) is 0 Å². The van der Waals surface area contributed by atoms with Crippen LogP contribution in [0.2, 0.25) is 0 Å². The normalized spacial score (nSPS) is 11.3. The molecule has 0 bridgehead atoms. The predicted octanol–water partition coefficient (Wildman–Crippen LogP) is 12.4. The van der Waals surface area contributed by atoms with Crippen molar-refractivity contribution in [2.45, 2.75) is 0 Å². The Morgan fingerprint density at radius 2 is 0.727 bits per heavy atom. The van der Waals surface area contributed by atoms with Crippen LogP contribution in [0.1, 0.15) is 0 Å². The number of pyridine rings is 1. The maximum Gasteiger partial charge on any atom is 0.166 e. The Hall–Kier alpha value is -7.50. The van der Waals surface area contributed by atoms with E-state index < -0.39 is 0 Å². The van der Waals surface area contributed by atoms with E-state index in [1.165, 1.54) is 10.8 Å². The zero-order valence-electron chi connectivity index (χ0n) is 29.8. The highest BCUT2D eigenvalue weighted by atomic mass is 15.1. The van der Waals surface area contributed by atoms with Crippen molar-refractivity contribution in [1.29, 1.82) is 0 Å². The van der Waals surface area contributed by atoms with Gasteiger partial charge in [0.25, 0.3) is 0 Å². The quantitative estimate of drug-likeness (QED) is 0.166. The maximum atomic E-state index is 5.30. The smallest absolute Gasteiger partial charge is 0.166 e. The Morgan fingerprint density at radius 1 is 0.291 bits per heavy atom. The van der Waals surface area contributed by atoms with E-state index >= 15 is 0 Å². The van der Waals surface area contributed by atoms with Gasteiger partial charge in [0.15, 0.2) is 17.5 Å². The molecule has 3 heterocycles. The van der Waals surface area contributed by atoms with E-state index in [1.54, 1.807) is 0 Å². The first-order chi connectivity index (χ1) is 27.3. The minimum atomic E-state index is 0.578. The van der Waals surface area contributed by atoms with Gasteiger partial charge in [-0.3, -0.25) is 0 Å². The molecule has 7 aromatic carbocycles. The van der Waals surface area contributed by atoms with Crippen LogP contribution in [-0.4, -0.2) is 24.5 Å². The fourth-order valence-electron chi connectivity index (χ4n) is 7.41. The number of fused-ring (bicyclic) bond motifs is 3. The second kappa shape index (κ2) is 13.8. The molecule has 10 aromatic rings. The summed E-state index contributed by atoms with van der Waals surface area (Å²) < 4.78 is 2.33. The van der Waals surface area contributed by atoms with E-state index in [9.17, 15) is 0 Å². The molecular formula is C50H33N5. The topological polar surface area (TPSA) is 56.5 Å². The fraction of sp³-hybridized carbons (Fsp3) is 0. The van der Waals surface area contributed by atoms with Crippen molar-refractivity contribution in [3.63, 3.8) is 0 Å². The van der Waals surface area contributed by atoms with Crippen molar-refractivity contribution in [2.24, 2.45) is 0 Å². The van der Waals surface area contributed by atoms with Crippen molar-refractivity contribution in [3.8, 4) is 73.5 Å². The summed E-state index contributed by atoms with van der Waals surface area (Å²) in [5, 5.41) is 2.37. The van der Waals surface area contributed by atoms with Crippen LogP contribution in [0.25, 0.3) is 95.3 Å². The monoisotopic (exact) mass is 703 g/mol. The molecule has 0 saturated heterocycles. The highest BCUT2D eigenvalue weighted by Crippen LogP contribution is 2.39. The average Bonchev–Trinajstić information content (AvgIpc) is 3.61. The third-order valence-electron chi connectivity index (χ3n) is 10.1. The van der Waals surface area contributed by atoms with E-state index in [0.717, 1.165) is 67.1 Å². The van der Waals surface area contributed by atoms with Gasteiger partial charge in [-0.05, 0) is 47.5 Å². The van der Waals surface area contributed by atoms with Gasteiger partial charge in [-0.15, -0.1) is 0 Å². The molecule has 0 fully saturated rings. The number of benzene rings is 7. The first-order valence-electron chi connectivity index (χ1n) is 18.4. The van der Waals surface area contributed by atoms with Crippen LogP contribution >= 0.6 is 0 Å². The molecule has 10 rings (SSSR count). The molecule has 5 nitrogen and oxygen atoms in total. The van der Waals surface area contributed by atoms with Gasteiger partial charge in [-0.1, -0.05) is 164 Å². The van der Waals surface area contributed by atoms with Crippen molar-refractivity contribution in [3.05, 3.63) is 200 Å². The Labute approximate surface area is 318 Å². The molecule has 258 valence electrons. The number of rotatable bonds is 7. The summed E-state index contributed by atoms with van der Waals surface area (Å²) in [6, 6.07) is 69.2. The van der Waals surface area contributed by atoms with Gasteiger partial charge in [0, 0.05) is 38.6 Å². The lowest BCUT2D eigenvalue weighted by atomic mass is 9.98. The Morgan fingerprint density at radius 3 is 1.27 bits per heavy atom. The largest absolute Gasteiger partial charge is 0.309 e. The SMILES string of the molecule is c1ccc(-c2cc(-c3ccccc3)nc(-c3ccc(-n4c5ccccc5c5ccccc54)c(-c4nc(-c5ccccc5)nc(-c5ccccc5)n4)c3)c2)cc1. The Balaban J connectivity index is 1.27. The molecule has 0 spiro atoms. The van der Waals surface area contributed by atoms with Gasteiger partial charge < -0.3 is 4.57 Å². The summed E-state index contributed by atoms with van der Waals surface area (Å²) in [6.45, 7) is 0. The van der Waals surface area contributed by atoms with E-state index in [-0.39, 0.29) is 0 Å². The molecule has 0 aliphatic heterocycles. The molecule has 0 atom stereocenters. The highest BCUT2D eigenvalue weighted by molar-refractivity contribution is 6.09. The van der Waals surface area contributed by atoms with Gasteiger partial charge >= 0.3 is 0 Å². The molecule has 0 radical (unpaired) electrons. The van der Waals surface area contributed by atoms with Gasteiger partial charge in [0.2, 0.25) is 0 Å². The molecular weight excluding hydrogens is 671 g/mol. The van der Waals surface area contributed by atoms with Crippen molar-refractivity contribution >= 4 is 21.8 Å². The summed E-state index contributed by atoms with van der Waals surface area (Å²) in [5.74, 6) is 1.80. The fourth-order valence-corrected chi connectivity index (χ4v) is 7.41. The number of para-hydroxylation sites is 2. The summed E-state index contributed by atoms with van der Waals surface area (Å²) in [4.78, 5) is 20.8. The minimum absolute atomic E-state index is 0.578. The molecule has 55 heavy (non-hydrogen) atoms. The molecule has 0 amide bonds. The van der Waals surface area contributed by atoms with Crippen LogP contribution in [0.4, 0.5) is 0 Å². The van der Waals surface area contributed by atoms with Crippen LogP contribution in [0.15, 0.2) is 200 Å². The van der Waals surface area contributed by atoms with Crippen molar-refractivity contribution < 1.29 is 0 Å². The van der Waals surface area contributed by atoms with E-state index in [2.05, 4.69) is 132 Å². The number of nitrogens with zero attached hydrogens (tertiary/aromatic N) is 5. The van der Waals surface area contributed by atoms with E-state index in [0.29, 0.717) is 17.5 Å². The first-order valence-corrected chi connectivity index (χ1v) is 18.4.